The fourth-order valence-electron chi connectivity index (χ4n) is 5.05. The van der Waals surface area contributed by atoms with Crippen LogP contribution in [0.2, 0.25) is 0 Å². The maximum atomic E-state index is 12.4. The summed E-state index contributed by atoms with van der Waals surface area (Å²) in [5.41, 5.74) is 2.46. The monoisotopic (exact) mass is 769 g/mol. The molecule has 0 saturated carbocycles. The molecule has 55 heavy (non-hydrogen) atoms. The van der Waals surface area contributed by atoms with Crippen molar-refractivity contribution in [2.45, 2.75) is 64.4 Å². The summed E-state index contributed by atoms with van der Waals surface area (Å²) in [6.07, 6.45) is 15.6. The number of carbonyl (C=O) groups is 4. The molecule has 0 unspecified atom stereocenters. The Hall–Kier alpha value is -5.33. The van der Waals surface area contributed by atoms with Crippen molar-refractivity contribution in [1.29, 1.82) is 0 Å². The molecule has 0 aliphatic carbocycles. The van der Waals surface area contributed by atoms with E-state index in [0.717, 1.165) is 37.7 Å². The minimum atomic E-state index is -0.151. The molecule has 11 nitrogen and oxygen atoms in total. The fourth-order valence-corrected chi connectivity index (χ4v) is 5.62. The van der Waals surface area contributed by atoms with E-state index in [0.29, 0.717) is 74.9 Å². The van der Waals surface area contributed by atoms with Crippen LogP contribution in [0.15, 0.2) is 116 Å². The van der Waals surface area contributed by atoms with Gasteiger partial charge in [-0.1, -0.05) is 104 Å². The zero-order valence-corrected chi connectivity index (χ0v) is 32.4. The van der Waals surface area contributed by atoms with Gasteiger partial charge in [0.05, 0.1) is 18.9 Å². The Morgan fingerprint density at radius 3 is 1.89 bits per heavy atom. The lowest BCUT2D eigenvalue weighted by molar-refractivity contribution is -0.120. The van der Waals surface area contributed by atoms with Crippen LogP contribution in [0.3, 0.4) is 0 Å². The highest BCUT2D eigenvalue weighted by Gasteiger charge is 2.07. The van der Waals surface area contributed by atoms with Gasteiger partial charge in [-0.2, -0.15) is 0 Å². The third-order valence-corrected chi connectivity index (χ3v) is 8.63. The highest BCUT2D eigenvalue weighted by atomic mass is 32.2. The second-order valence-corrected chi connectivity index (χ2v) is 13.4. The summed E-state index contributed by atoms with van der Waals surface area (Å²) in [6, 6.07) is 24.6. The molecule has 3 rings (SSSR count). The molecule has 0 heterocycles. The molecule has 0 radical (unpaired) electrons. The Kier molecular flexibility index (Phi) is 22.6. The Morgan fingerprint density at radius 1 is 0.636 bits per heavy atom. The lowest BCUT2D eigenvalue weighted by Gasteiger charge is -2.10. The molecular weight excluding hydrogens is 715 g/mol. The predicted octanol–water partition coefficient (Wildman–Crippen LogP) is 7.50. The topological polar surface area (TPSA) is 147 Å². The first-order valence-electron chi connectivity index (χ1n) is 18.8. The summed E-state index contributed by atoms with van der Waals surface area (Å²) in [5, 5.41) is 11.6. The number of hydrogen-bond donors (Lipinski definition) is 5. The molecule has 0 aliphatic heterocycles. The number of hydrogen-bond acceptors (Lipinski definition) is 8. The molecule has 294 valence electrons. The van der Waals surface area contributed by atoms with Gasteiger partial charge < -0.3 is 30.7 Å². The van der Waals surface area contributed by atoms with Crippen LogP contribution < -0.4 is 35.5 Å². The molecule has 0 aliphatic rings. The van der Waals surface area contributed by atoms with Gasteiger partial charge in [0.15, 0.2) is 0 Å². The zero-order chi connectivity index (χ0) is 39.2. The van der Waals surface area contributed by atoms with Crippen molar-refractivity contribution < 1.29 is 28.7 Å². The summed E-state index contributed by atoms with van der Waals surface area (Å²) in [7, 11) is 0. The van der Waals surface area contributed by atoms with E-state index in [1.807, 2.05) is 103 Å². The molecule has 0 atom stereocenters. The first-order chi connectivity index (χ1) is 26.9. The maximum Gasteiger partial charge on any atom is 0.234 e. The van der Waals surface area contributed by atoms with Gasteiger partial charge in [0.2, 0.25) is 23.6 Å². The number of nitrogens with one attached hydrogen (secondary N) is 5. The lowest BCUT2D eigenvalue weighted by atomic mass is 10.2. The van der Waals surface area contributed by atoms with Crippen molar-refractivity contribution in [2.75, 3.05) is 42.6 Å². The minimum absolute atomic E-state index is 0.0613. The van der Waals surface area contributed by atoms with Crippen molar-refractivity contribution >= 4 is 47.0 Å². The highest BCUT2D eigenvalue weighted by molar-refractivity contribution is 7.98. The van der Waals surface area contributed by atoms with Crippen molar-refractivity contribution in [3.05, 3.63) is 121 Å². The van der Waals surface area contributed by atoms with Gasteiger partial charge >= 0.3 is 0 Å². The molecule has 0 bridgehead atoms. The summed E-state index contributed by atoms with van der Waals surface area (Å²) in [6.45, 7) is 5.77. The third-order valence-electron chi connectivity index (χ3n) is 7.88. The third kappa shape index (κ3) is 21.8. The quantitative estimate of drug-likeness (QED) is 0.0290. The van der Waals surface area contributed by atoms with Crippen molar-refractivity contribution in [3.63, 3.8) is 0 Å². The second kappa shape index (κ2) is 28.2. The molecule has 3 aromatic carbocycles. The minimum Gasteiger partial charge on any atom is -0.493 e. The van der Waals surface area contributed by atoms with Gasteiger partial charge in [-0.3, -0.25) is 23.9 Å². The van der Waals surface area contributed by atoms with Crippen LogP contribution in [0, 0.1) is 0 Å². The van der Waals surface area contributed by atoms with Crippen LogP contribution >= 0.6 is 11.9 Å². The van der Waals surface area contributed by atoms with E-state index in [2.05, 4.69) is 32.6 Å². The molecular formula is C43H55N5O6S. The molecule has 3 aromatic rings. The number of benzene rings is 3. The number of allylic oxidation sites excluding steroid dienone is 4. The molecule has 0 fully saturated rings. The van der Waals surface area contributed by atoms with E-state index in [4.69, 9.17) is 9.47 Å². The lowest BCUT2D eigenvalue weighted by Crippen LogP contribution is -2.33. The van der Waals surface area contributed by atoms with E-state index in [-0.39, 0.29) is 35.9 Å². The number of anilines is 2. The predicted molar refractivity (Wildman–Crippen MR) is 223 cm³/mol. The Balaban J connectivity index is 1.11. The van der Waals surface area contributed by atoms with Crippen LogP contribution in [-0.2, 0) is 25.8 Å². The largest absolute Gasteiger partial charge is 0.493 e. The number of unbranched alkanes of at least 4 members (excludes halogenated alkanes) is 4. The van der Waals surface area contributed by atoms with E-state index >= 15 is 0 Å². The van der Waals surface area contributed by atoms with Crippen LogP contribution in [0.1, 0.15) is 63.4 Å². The van der Waals surface area contributed by atoms with E-state index in [9.17, 15) is 19.2 Å². The Morgan fingerprint density at radius 2 is 1.25 bits per heavy atom. The normalized spacial score (nSPS) is 10.9. The summed E-state index contributed by atoms with van der Waals surface area (Å²) in [5.74, 6) is 1.19. The van der Waals surface area contributed by atoms with E-state index in [1.165, 1.54) is 11.9 Å². The smallest absolute Gasteiger partial charge is 0.234 e. The van der Waals surface area contributed by atoms with Crippen molar-refractivity contribution in [1.82, 2.24) is 15.4 Å². The van der Waals surface area contributed by atoms with E-state index < -0.39 is 0 Å². The first-order valence-corrected chi connectivity index (χ1v) is 19.8. The average molecular weight is 770 g/mol. The van der Waals surface area contributed by atoms with E-state index in [1.54, 1.807) is 6.08 Å². The zero-order valence-electron chi connectivity index (χ0n) is 31.6. The van der Waals surface area contributed by atoms with Crippen LogP contribution in [0.5, 0.6) is 11.5 Å². The SMILES string of the molecule is C=C/C=C\C=C/CCOc1cccc(NC(=O)CCCCCNC(=O)CSNCC(=O)NCCCCCC(=O)Nc2cccc(OCc3ccccc3)c2)c1. The molecule has 4 amide bonds. The van der Waals surface area contributed by atoms with Crippen molar-refractivity contribution in [3.8, 4) is 11.5 Å². The van der Waals surface area contributed by atoms with Crippen molar-refractivity contribution in [2.24, 2.45) is 0 Å². The molecule has 5 N–H and O–H groups in total. The van der Waals surface area contributed by atoms with Crippen LogP contribution in [0.25, 0.3) is 0 Å². The van der Waals surface area contributed by atoms with Crippen LogP contribution in [0.4, 0.5) is 11.4 Å². The van der Waals surface area contributed by atoms with Gasteiger partial charge in [0, 0.05) is 49.4 Å². The molecule has 0 aromatic heterocycles. The first kappa shape index (κ1) is 44.1. The molecule has 0 saturated heterocycles. The standard InChI is InChI=1S/C43H55N5O6S/c1-2-3-4-5-6-16-29-53-38-23-17-21-36(30-38)47-40(49)26-13-9-15-28-45-43(52)34-55-46-32-42(51)44-27-14-8-12-25-41(50)48-37-22-18-24-39(31-37)54-33-35-19-10-7-11-20-35/h2-7,10-11,17-24,30-31,46H,1,8-9,12-16,25-29,32-34H2,(H,44,51)(H,45,52)(H,47,49)(H,48,50)/b4-3-,6-5-. The van der Waals surface area contributed by atoms with Gasteiger partial charge in [0.1, 0.15) is 18.1 Å². The Bertz CT molecular complexity index is 1670. The van der Waals surface area contributed by atoms with Gasteiger partial charge in [-0.05, 0) is 61.9 Å². The van der Waals surface area contributed by atoms with Gasteiger partial charge in [-0.15, -0.1) is 0 Å². The summed E-state index contributed by atoms with van der Waals surface area (Å²) < 4.78 is 14.5. The Labute approximate surface area is 329 Å². The molecule has 12 heteroatoms. The second-order valence-electron chi connectivity index (χ2n) is 12.5. The number of ether oxygens (including phenoxy) is 2. The number of carbonyl (C=O) groups excluding carboxylic acids is 4. The van der Waals surface area contributed by atoms with Gasteiger partial charge in [-0.25, -0.2) is 0 Å². The summed E-state index contributed by atoms with van der Waals surface area (Å²) >= 11 is 1.18. The maximum absolute atomic E-state index is 12.4. The number of rotatable bonds is 28. The molecule has 0 spiro atoms. The number of amides is 4. The van der Waals surface area contributed by atoms with Gasteiger partial charge in [0.25, 0.3) is 0 Å². The fraction of sp³-hybridized carbons (Fsp3) is 0.349. The summed E-state index contributed by atoms with van der Waals surface area (Å²) in [4.78, 5) is 49.0. The average Bonchev–Trinajstić information content (AvgIpc) is 3.18. The highest BCUT2D eigenvalue weighted by Crippen LogP contribution is 2.20. The van der Waals surface area contributed by atoms with Crippen LogP contribution in [-0.4, -0.2) is 55.6 Å².